The molecule has 5 nitrogen and oxygen atoms in total. The molecule has 106 valence electrons. The molecular formula is C14H25N5. The maximum Gasteiger partial charge on any atom is 0.224 e. The van der Waals surface area contributed by atoms with Crippen molar-refractivity contribution in [1.82, 2.24) is 14.9 Å². The Morgan fingerprint density at radius 1 is 1.42 bits per heavy atom. The Balaban J connectivity index is 2.06. The Morgan fingerprint density at radius 2 is 2.21 bits per heavy atom. The van der Waals surface area contributed by atoms with Crippen LogP contribution in [0.4, 0.5) is 11.8 Å². The number of aromatic nitrogens is 2. The van der Waals surface area contributed by atoms with E-state index in [9.17, 15) is 0 Å². The first-order valence-electron chi connectivity index (χ1n) is 7.10. The van der Waals surface area contributed by atoms with Crippen molar-refractivity contribution in [2.75, 3.05) is 43.9 Å². The van der Waals surface area contributed by atoms with E-state index < -0.39 is 0 Å². The van der Waals surface area contributed by atoms with Crippen molar-refractivity contribution in [3.63, 3.8) is 0 Å². The molecule has 0 bridgehead atoms. The fraction of sp³-hybridized carbons (Fsp3) is 0.714. The van der Waals surface area contributed by atoms with E-state index in [1.807, 2.05) is 12.3 Å². The van der Waals surface area contributed by atoms with Crippen molar-refractivity contribution in [2.24, 2.45) is 5.92 Å². The fourth-order valence-corrected chi connectivity index (χ4v) is 2.66. The summed E-state index contributed by atoms with van der Waals surface area (Å²) in [6.07, 6.45) is 2.92. The van der Waals surface area contributed by atoms with E-state index >= 15 is 0 Å². The molecule has 1 fully saturated rings. The van der Waals surface area contributed by atoms with Crippen LogP contribution in [0.1, 0.15) is 20.3 Å². The van der Waals surface area contributed by atoms with Crippen LogP contribution in [0, 0.1) is 5.92 Å². The smallest absolute Gasteiger partial charge is 0.224 e. The summed E-state index contributed by atoms with van der Waals surface area (Å²) in [4.78, 5) is 13.5. The summed E-state index contributed by atoms with van der Waals surface area (Å²) in [5.74, 6) is 2.43. The molecule has 1 aromatic rings. The Labute approximate surface area is 116 Å². The quantitative estimate of drug-likeness (QED) is 0.875. The van der Waals surface area contributed by atoms with E-state index in [1.165, 1.54) is 0 Å². The van der Waals surface area contributed by atoms with Gasteiger partial charge in [-0.05, 0) is 32.5 Å². The standard InChI is InChI=1S/C14H25N5/c1-5-7-15-14-16-8-6-13(17-14)19-9-11(2)12(10-19)18(3)4/h6,8,11-12H,5,7,9-10H2,1-4H3,(H,15,16,17). The van der Waals surface area contributed by atoms with Crippen LogP contribution in [0.3, 0.4) is 0 Å². The first-order valence-corrected chi connectivity index (χ1v) is 7.10. The van der Waals surface area contributed by atoms with Gasteiger partial charge in [0.1, 0.15) is 5.82 Å². The third-order valence-corrected chi connectivity index (χ3v) is 3.73. The summed E-state index contributed by atoms with van der Waals surface area (Å²) in [5.41, 5.74) is 0. The second-order valence-electron chi connectivity index (χ2n) is 5.58. The highest BCUT2D eigenvalue weighted by atomic mass is 15.3. The molecule has 1 aromatic heterocycles. The van der Waals surface area contributed by atoms with Crippen LogP contribution in [-0.4, -0.2) is 54.6 Å². The molecule has 1 saturated heterocycles. The van der Waals surface area contributed by atoms with Crippen molar-refractivity contribution in [1.29, 1.82) is 0 Å². The first-order chi connectivity index (χ1) is 9.11. The summed E-state index contributed by atoms with van der Waals surface area (Å²) in [5, 5.41) is 3.24. The molecule has 0 aromatic carbocycles. The summed E-state index contributed by atoms with van der Waals surface area (Å²) in [6.45, 7) is 7.47. The van der Waals surface area contributed by atoms with E-state index in [-0.39, 0.29) is 0 Å². The second kappa shape index (κ2) is 6.19. The maximum absolute atomic E-state index is 4.61. The summed E-state index contributed by atoms with van der Waals surface area (Å²) < 4.78 is 0. The predicted molar refractivity (Wildman–Crippen MR) is 79.7 cm³/mol. The van der Waals surface area contributed by atoms with Crippen LogP contribution in [0.5, 0.6) is 0 Å². The molecule has 1 aliphatic heterocycles. The average Bonchev–Trinajstić information content (AvgIpc) is 2.79. The van der Waals surface area contributed by atoms with Crippen molar-refractivity contribution >= 4 is 11.8 Å². The number of nitrogens with zero attached hydrogens (tertiary/aromatic N) is 4. The molecule has 19 heavy (non-hydrogen) atoms. The Bertz CT molecular complexity index is 407. The molecule has 0 spiro atoms. The molecule has 0 saturated carbocycles. The van der Waals surface area contributed by atoms with Crippen LogP contribution in [0.2, 0.25) is 0 Å². The van der Waals surface area contributed by atoms with E-state index in [4.69, 9.17) is 0 Å². The molecule has 0 amide bonds. The average molecular weight is 263 g/mol. The Kier molecular flexibility index (Phi) is 4.58. The van der Waals surface area contributed by atoms with E-state index in [0.29, 0.717) is 12.0 Å². The Morgan fingerprint density at radius 3 is 2.84 bits per heavy atom. The second-order valence-corrected chi connectivity index (χ2v) is 5.58. The van der Waals surface area contributed by atoms with Crippen LogP contribution >= 0.6 is 0 Å². The van der Waals surface area contributed by atoms with Gasteiger partial charge in [0.05, 0.1) is 0 Å². The highest BCUT2D eigenvalue weighted by molar-refractivity contribution is 5.44. The van der Waals surface area contributed by atoms with Gasteiger partial charge in [-0.15, -0.1) is 0 Å². The van der Waals surface area contributed by atoms with Crippen molar-refractivity contribution < 1.29 is 0 Å². The van der Waals surface area contributed by atoms with Gasteiger partial charge in [0.2, 0.25) is 5.95 Å². The number of nitrogens with one attached hydrogen (secondary N) is 1. The van der Waals surface area contributed by atoms with E-state index in [2.05, 4.69) is 53.0 Å². The van der Waals surface area contributed by atoms with Gasteiger partial charge >= 0.3 is 0 Å². The van der Waals surface area contributed by atoms with Gasteiger partial charge in [0, 0.05) is 31.9 Å². The molecule has 2 heterocycles. The maximum atomic E-state index is 4.61. The van der Waals surface area contributed by atoms with Crippen molar-refractivity contribution in [3.05, 3.63) is 12.3 Å². The number of hydrogen-bond donors (Lipinski definition) is 1. The lowest BCUT2D eigenvalue weighted by molar-refractivity contribution is 0.266. The van der Waals surface area contributed by atoms with Gasteiger partial charge in [0.15, 0.2) is 0 Å². The van der Waals surface area contributed by atoms with Gasteiger partial charge in [-0.1, -0.05) is 13.8 Å². The van der Waals surface area contributed by atoms with Crippen molar-refractivity contribution in [2.45, 2.75) is 26.3 Å². The lowest BCUT2D eigenvalue weighted by Crippen LogP contribution is -2.34. The first kappa shape index (κ1) is 14.1. The minimum Gasteiger partial charge on any atom is -0.355 e. The SMILES string of the molecule is CCCNc1nccc(N2CC(C)C(N(C)C)C2)n1. The lowest BCUT2D eigenvalue weighted by Gasteiger charge is -2.22. The molecular weight excluding hydrogens is 238 g/mol. The number of likely N-dealkylation sites (N-methyl/N-ethyl adjacent to an activating group) is 1. The van der Waals surface area contributed by atoms with E-state index in [0.717, 1.165) is 37.8 Å². The zero-order valence-electron chi connectivity index (χ0n) is 12.4. The highest BCUT2D eigenvalue weighted by Gasteiger charge is 2.31. The fourth-order valence-electron chi connectivity index (χ4n) is 2.66. The van der Waals surface area contributed by atoms with Crippen LogP contribution in [0.15, 0.2) is 12.3 Å². The molecule has 2 atom stereocenters. The topological polar surface area (TPSA) is 44.3 Å². The zero-order valence-corrected chi connectivity index (χ0v) is 12.4. The normalized spacial score (nSPS) is 23.1. The zero-order chi connectivity index (χ0) is 13.8. The molecule has 2 unspecified atom stereocenters. The van der Waals surface area contributed by atoms with Gasteiger partial charge in [-0.25, -0.2) is 4.98 Å². The van der Waals surface area contributed by atoms with Gasteiger partial charge in [0.25, 0.3) is 0 Å². The van der Waals surface area contributed by atoms with Crippen molar-refractivity contribution in [3.8, 4) is 0 Å². The predicted octanol–water partition coefficient (Wildman–Crippen LogP) is 1.68. The van der Waals surface area contributed by atoms with Crippen LogP contribution in [0.25, 0.3) is 0 Å². The summed E-state index contributed by atoms with van der Waals surface area (Å²) >= 11 is 0. The number of anilines is 2. The molecule has 1 N–H and O–H groups in total. The van der Waals surface area contributed by atoms with E-state index in [1.54, 1.807) is 0 Å². The van der Waals surface area contributed by atoms with Crippen LogP contribution < -0.4 is 10.2 Å². The number of hydrogen-bond acceptors (Lipinski definition) is 5. The number of rotatable bonds is 5. The Hall–Kier alpha value is -1.36. The molecule has 5 heteroatoms. The third-order valence-electron chi connectivity index (χ3n) is 3.73. The largest absolute Gasteiger partial charge is 0.355 e. The van der Waals surface area contributed by atoms with Crippen LogP contribution in [-0.2, 0) is 0 Å². The minimum absolute atomic E-state index is 0.599. The highest BCUT2D eigenvalue weighted by Crippen LogP contribution is 2.24. The van der Waals surface area contributed by atoms with Gasteiger partial charge < -0.3 is 15.1 Å². The molecule has 1 aliphatic rings. The van der Waals surface area contributed by atoms with Gasteiger partial charge in [-0.3, -0.25) is 0 Å². The van der Waals surface area contributed by atoms with Gasteiger partial charge in [-0.2, -0.15) is 4.98 Å². The lowest BCUT2D eigenvalue weighted by atomic mass is 10.1. The molecule has 0 aliphatic carbocycles. The summed E-state index contributed by atoms with van der Waals surface area (Å²) in [6, 6.07) is 2.60. The molecule has 2 rings (SSSR count). The molecule has 0 radical (unpaired) electrons. The monoisotopic (exact) mass is 263 g/mol. The minimum atomic E-state index is 0.599. The third kappa shape index (κ3) is 3.35. The summed E-state index contributed by atoms with van der Waals surface area (Å²) in [7, 11) is 4.30.